The fourth-order valence-corrected chi connectivity index (χ4v) is 2.38. The van der Waals surface area contributed by atoms with Gasteiger partial charge in [-0.05, 0) is 12.8 Å². The molecule has 2 rings (SSSR count). The summed E-state index contributed by atoms with van der Waals surface area (Å²) in [7, 11) is 4.66. The zero-order valence-electron chi connectivity index (χ0n) is 12.0. The molecule has 0 unspecified atom stereocenters. The fraction of sp³-hybridized carbons (Fsp3) is 0.615. The van der Waals surface area contributed by atoms with Crippen LogP contribution in [-0.2, 0) is 25.4 Å². The van der Waals surface area contributed by atoms with E-state index in [4.69, 9.17) is 5.73 Å². The molecular formula is C13H20N4O3. The lowest BCUT2D eigenvalue weighted by Crippen LogP contribution is -2.42. The Hall–Kier alpha value is -1.89. The Morgan fingerprint density at radius 3 is 2.50 bits per heavy atom. The van der Waals surface area contributed by atoms with E-state index >= 15 is 0 Å². The summed E-state index contributed by atoms with van der Waals surface area (Å²) in [5, 5.41) is 0. The maximum absolute atomic E-state index is 12.3. The van der Waals surface area contributed by atoms with Gasteiger partial charge >= 0.3 is 5.69 Å². The highest BCUT2D eigenvalue weighted by atomic mass is 16.2. The standard InChI is InChI=1S/C13H20N4O3/c1-15(11(19)13(8-14)4-5-13)6-9-7-16(2)12(20)17(3)10(9)18/h7H,4-6,8,14H2,1-3H3. The average Bonchev–Trinajstić information content (AvgIpc) is 3.22. The molecule has 0 spiro atoms. The van der Waals surface area contributed by atoms with Crippen molar-refractivity contribution in [2.75, 3.05) is 13.6 Å². The molecule has 7 heteroatoms. The van der Waals surface area contributed by atoms with E-state index < -0.39 is 5.41 Å². The molecule has 0 aliphatic heterocycles. The first-order valence-electron chi connectivity index (χ1n) is 6.53. The maximum atomic E-state index is 12.3. The van der Waals surface area contributed by atoms with Crippen molar-refractivity contribution in [1.82, 2.24) is 14.0 Å². The van der Waals surface area contributed by atoms with Crippen LogP contribution in [0.5, 0.6) is 0 Å². The Morgan fingerprint density at radius 2 is 2.00 bits per heavy atom. The van der Waals surface area contributed by atoms with Gasteiger partial charge in [-0.15, -0.1) is 0 Å². The van der Waals surface area contributed by atoms with Gasteiger partial charge in [0.25, 0.3) is 5.56 Å². The second kappa shape index (κ2) is 4.90. The van der Waals surface area contributed by atoms with Crippen molar-refractivity contribution in [3.63, 3.8) is 0 Å². The first-order chi connectivity index (χ1) is 9.32. The van der Waals surface area contributed by atoms with Crippen LogP contribution in [0, 0.1) is 5.41 Å². The Morgan fingerprint density at radius 1 is 1.40 bits per heavy atom. The van der Waals surface area contributed by atoms with E-state index in [0.717, 1.165) is 17.4 Å². The molecule has 0 saturated heterocycles. The monoisotopic (exact) mass is 280 g/mol. The summed E-state index contributed by atoms with van der Waals surface area (Å²) in [5.74, 6) is -0.0316. The zero-order valence-corrected chi connectivity index (χ0v) is 12.0. The van der Waals surface area contributed by atoms with Crippen LogP contribution in [0.1, 0.15) is 18.4 Å². The highest BCUT2D eigenvalue weighted by Gasteiger charge is 2.49. The highest BCUT2D eigenvalue weighted by Crippen LogP contribution is 2.46. The highest BCUT2D eigenvalue weighted by molar-refractivity contribution is 5.85. The molecule has 1 aliphatic rings. The van der Waals surface area contributed by atoms with Crippen LogP contribution in [0.2, 0.25) is 0 Å². The van der Waals surface area contributed by atoms with Gasteiger partial charge in [0.05, 0.1) is 17.5 Å². The molecular weight excluding hydrogens is 260 g/mol. The van der Waals surface area contributed by atoms with Crippen molar-refractivity contribution in [3.05, 3.63) is 32.6 Å². The van der Waals surface area contributed by atoms with E-state index in [-0.39, 0.29) is 23.7 Å². The minimum Gasteiger partial charge on any atom is -0.341 e. The van der Waals surface area contributed by atoms with Crippen LogP contribution >= 0.6 is 0 Å². The number of hydrogen-bond acceptors (Lipinski definition) is 4. The van der Waals surface area contributed by atoms with Gasteiger partial charge in [-0.3, -0.25) is 14.2 Å². The molecule has 0 atom stereocenters. The summed E-state index contributed by atoms with van der Waals surface area (Å²) in [6, 6.07) is 0. The van der Waals surface area contributed by atoms with Gasteiger partial charge in [-0.25, -0.2) is 4.79 Å². The molecule has 1 heterocycles. The molecule has 2 N–H and O–H groups in total. The predicted octanol–water partition coefficient (Wildman–Crippen LogP) is -1.22. The number of aromatic nitrogens is 2. The topological polar surface area (TPSA) is 90.3 Å². The van der Waals surface area contributed by atoms with E-state index in [0.29, 0.717) is 12.1 Å². The Labute approximate surface area is 116 Å². The summed E-state index contributed by atoms with van der Waals surface area (Å²) in [4.78, 5) is 37.4. The average molecular weight is 280 g/mol. The second-order valence-corrected chi connectivity index (χ2v) is 5.56. The van der Waals surface area contributed by atoms with Gasteiger partial charge in [0, 0.05) is 33.9 Å². The molecule has 7 nitrogen and oxygen atoms in total. The van der Waals surface area contributed by atoms with Gasteiger partial charge in [0.1, 0.15) is 0 Å². The van der Waals surface area contributed by atoms with Crippen LogP contribution in [-0.4, -0.2) is 33.5 Å². The van der Waals surface area contributed by atoms with E-state index in [1.807, 2.05) is 0 Å². The first-order valence-corrected chi connectivity index (χ1v) is 6.53. The largest absolute Gasteiger partial charge is 0.341 e. The van der Waals surface area contributed by atoms with Gasteiger partial charge in [0.15, 0.2) is 0 Å². The van der Waals surface area contributed by atoms with Crippen LogP contribution in [0.15, 0.2) is 15.8 Å². The quantitative estimate of drug-likeness (QED) is 0.748. The molecule has 1 aromatic heterocycles. The molecule has 1 amide bonds. The van der Waals surface area contributed by atoms with E-state index in [1.165, 1.54) is 22.7 Å². The lowest BCUT2D eigenvalue weighted by Gasteiger charge is -2.22. The number of carbonyl (C=O) groups is 1. The number of aryl methyl sites for hydroxylation is 1. The smallest absolute Gasteiger partial charge is 0.330 e. The third kappa shape index (κ3) is 2.29. The number of nitrogens with two attached hydrogens (primary N) is 1. The fourth-order valence-electron chi connectivity index (χ4n) is 2.38. The summed E-state index contributed by atoms with van der Waals surface area (Å²) >= 11 is 0. The van der Waals surface area contributed by atoms with Crippen molar-refractivity contribution in [3.8, 4) is 0 Å². The number of amides is 1. The number of rotatable bonds is 4. The Kier molecular flexibility index (Phi) is 3.56. The van der Waals surface area contributed by atoms with E-state index in [1.54, 1.807) is 14.1 Å². The van der Waals surface area contributed by atoms with Gasteiger partial charge in [0.2, 0.25) is 5.91 Å². The van der Waals surface area contributed by atoms with Crippen molar-refractivity contribution in [1.29, 1.82) is 0 Å². The molecule has 1 aliphatic carbocycles. The second-order valence-electron chi connectivity index (χ2n) is 5.56. The van der Waals surface area contributed by atoms with Gasteiger partial charge < -0.3 is 15.2 Å². The molecule has 110 valence electrons. The number of carbonyl (C=O) groups excluding carboxylic acids is 1. The normalized spacial score (nSPS) is 16.0. The van der Waals surface area contributed by atoms with Crippen molar-refractivity contribution < 1.29 is 4.79 Å². The van der Waals surface area contributed by atoms with Crippen molar-refractivity contribution in [2.45, 2.75) is 19.4 Å². The lowest BCUT2D eigenvalue weighted by atomic mass is 10.1. The Bertz CT molecular complexity index is 655. The summed E-state index contributed by atoms with van der Waals surface area (Å²) in [6.07, 6.45) is 3.09. The van der Waals surface area contributed by atoms with Crippen LogP contribution in [0.3, 0.4) is 0 Å². The molecule has 1 aromatic rings. The molecule has 0 bridgehead atoms. The van der Waals surface area contributed by atoms with Crippen molar-refractivity contribution >= 4 is 5.91 Å². The summed E-state index contributed by atoms with van der Waals surface area (Å²) in [5.41, 5.74) is 4.87. The van der Waals surface area contributed by atoms with Gasteiger partial charge in [-0.1, -0.05) is 0 Å². The maximum Gasteiger partial charge on any atom is 0.330 e. The number of nitrogens with zero attached hydrogens (tertiary/aromatic N) is 3. The van der Waals surface area contributed by atoms with Gasteiger partial charge in [-0.2, -0.15) is 0 Å². The molecule has 20 heavy (non-hydrogen) atoms. The SMILES string of the molecule is CN(Cc1cn(C)c(=O)n(C)c1=O)C(=O)C1(CN)CC1. The summed E-state index contributed by atoms with van der Waals surface area (Å²) < 4.78 is 2.38. The van der Waals surface area contributed by atoms with Crippen LogP contribution in [0.25, 0.3) is 0 Å². The minimum absolute atomic E-state index is 0.0316. The predicted molar refractivity (Wildman–Crippen MR) is 74.1 cm³/mol. The zero-order chi connectivity index (χ0) is 15.1. The molecule has 1 saturated carbocycles. The molecule has 0 radical (unpaired) electrons. The third-order valence-corrected chi connectivity index (χ3v) is 3.97. The number of hydrogen-bond donors (Lipinski definition) is 1. The van der Waals surface area contributed by atoms with Crippen LogP contribution < -0.4 is 17.0 Å². The first kappa shape index (κ1) is 14.5. The molecule has 1 fully saturated rings. The lowest BCUT2D eigenvalue weighted by molar-refractivity contribution is -0.135. The Balaban J connectivity index is 2.25. The summed E-state index contributed by atoms with van der Waals surface area (Å²) in [6.45, 7) is 0.517. The van der Waals surface area contributed by atoms with Crippen molar-refractivity contribution in [2.24, 2.45) is 25.2 Å². The van der Waals surface area contributed by atoms with E-state index in [2.05, 4.69) is 0 Å². The molecule has 0 aromatic carbocycles. The van der Waals surface area contributed by atoms with Crippen LogP contribution in [0.4, 0.5) is 0 Å². The van der Waals surface area contributed by atoms with E-state index in [9.17, 15) is 14.4 Å². The third-order valence-electron chi connectivity index (χ3n) is 3.97. The minimum atomic E-state index is -0.430.